The van der Waals surface area contributed by atoms with E-state index in [4.69, 9.17) is 21.1 Å². The first-order valence-corrected chi connectivity index (χ1v) is 13.0. The Morgan fingerprint density at radius 2 is 1.89 bits per heavy atom. The van der Waals surface area contributed by atoms with Crippen LogP contribution in [0.2, 0.25) is 5.02 Å². The van der Waals surface area contributed by atoms with Gasteiger partial charge in [0.15, 0.2) is 0 Å². The van der Waals surface area contributed by atoms with E-state index in [2.05, 4.69) is 0 Å². The van der Waals surface area contributed by atoms with Crippen LogP contribution in [0.1, 0.15) is 32.6 Å². The van der Waals surface area contributed by atoms with Crippen molar-refractivity contribution >= 4 is 35.1 Å². The summed E-state index contributed by atoms with van der Waals surface area (Å²) in [6, 6.07) is 6.11. The second kappa shape index (κ2) is 9.65. The zero-order valence-corrected chi connectivity index (χ0v) is 21.0. The Bertz CT molecular complexity index is 1120. The number of benzene rings is 1. The van der Waals surface area contributed by atoms with E-state index in [9.17, 15) is 19.5 Å². The molecular weight excluding hydrogens is 484 g/mol. The van der Waals surface area contributed by atoms with E-state index in [-0.39, 0.29) is 38.1 Å². The fourth-order valence-electron chi connectivity index (χ4n) is 6.25. The van der Waals surface area contributed by atoms with Gasteiger partial charge in [-0.25, -0.2) is 0 Å². The van der Waals surface area contributed by atoms with Crippen molar-refractivity contribution in [2.24, 2.45) is 11.8 Å². The molecule has 4 aliphatic heterocycles. The molecule has 1 unspecified atom stereocenters. The Kier molecular flexibility index (Phi) is 6.70. The summed E-state index contributed by atoms with van der Waals surface area (Å²) < 4.78 is 12.4. The van der Waals surface area contributed by atoms with Crippen LogP contribution >= 0.6 is 11.6 Å². The zero-order chi connectivity index (χ0) is 25.5. The number of likely N-dealkylation sites (tertiary alicyclic amines) is 1. The second-order valence-electron chi connectivity index (χ2n) is 9.75. The minimum Gasteiger partial charge on any atom is -0.465 e. The minimum absolute atomic E-state index is 0.0178. The molecule has 0 saturated carbocycles. The lowest BCUT2D eigenvalue weighted by Gasteiger charge is -2.38. The molecule has 0 bridgehead atoms. The molecule has 4 heterocycles. The van der Waals surface area contributed by atoms with Crippen molar-refractivity contribution in [1.82, 2.24) is 4.90 Å². The van der Waals surface area contributed by atoms with Gasteiger partial charge < -0.3 is 24.4 Å². The number of ether oxygens (including phenoxy) is 2. The fourth-order valence-corrected chi connectivity index (χ4v) is 6.49. The highest BCUT2D eigenvalue weighted by Crippen LogP contribution is 2.58. The average molecular weight is 515 g/mol. The Balaban J connectivity index is 1.65. The molecule has 8 nitrogen and oxygen atoms in total. The molecule has 1 N–H and O–H groups in total. The van der Waals surface area contributed by atoms with E-state index in [0.29, 0.717) is 36.4 Å². The van der Waals surface area contributed by atoms with Crippen LogP contribution in [0.25, 0.3) is 0 Å². The number of esters is 1. The molecule has 0 radical (unpaired) electrons. The third kappa shape index (κ3) is 3.69. The SMILES string of the molecule is CC[C@@]12C=CCCOC(=O)[C@@H]1[C@H]1C(=O)N(CCCCO)C3C(=O)N(c4ccccc4Cl)CC=C[C@@]31O2. The Labute approximate surface area is 215 Å². The molecule has 1 aromatic carbocycles. The van der Waals surface area contributed by atoms with Crippen LogP contribution < -0.4 is 4.90 Å². The third-order valence-corrected chi connectivity index (χ3v) is 8.17. The van der Waals surface area contributed by atoms with Crippen molar-refractivity contribution in [3.8, 4) is 0 Å². The Morgan fingerprint density at radius 3 is 2.64 bits per heavy atom. The molecule has 1 aromatic rings. The van der Waals surface area contributed by atoms with E-state index in [0.717, 1.165) is 0 Å². The van der Waals surface area contributed by atoms with Crippen molar-refractivity contribution in [3.63, 3.8) is 0 Å². The Morgan fingerprint density at radius 1 is 1.08 bits per heavy atom. The second-order valence-corrected chi connectivity index (χ2v) is 10.2. The number of hydrogen-bond acceptors (Lipinski definition) is 6. The number of carbonyl (C=O) groups is 3. The summed E-state index contributed by atoms with van der Waals surface area (Å²) in [4.78, 5) is 44.9. The first-order valence-electron chi connectivity index (χ1n) is 12.6. The number of aliphatic hydroxyl groups excluding tert-OH is 1. The van der Waals surface area contributed by atoms with Gasteiger partial charge in [-0.3, -0.25) is 14.4 Å². The van der Waals surface area contributed by atoms with Crippen LogP contribution in [0.5, 0.6) is 0 Å². The number of para-hydroxylation sites is 1. The van der Waals surface area contributed by atoms with Gasteiger partial charge in [-0.05, 0) is 37.8 Å². The van der Waals surface area contributed by atoms with E-state index < -0.39 is 35.0 Å². The summed E-state index contributed by atoms with van der Waals surface area (Å²) in [6.45, 7) is 2.65. The molecule has 0 aromatic heterocycles. The topological polar surface area (TPSA) is 96.4 Å². The number of rotatable bonds is 6. The maximum absolute atomic E-state index is 14.3. The molecule has 2 amide bonds. The number of hydrogen-bond donors (Lipinski definition) is 1. The third-order valence-electron chi connectivity index (χ3n) is 7.85. The van der Waals surface area contributed by atoms with Crippen molar-refractivity contribution in [2.75, 3.05) is 31.2 Å². The smallest absolute Gasteiger partial charge is 0.313 e. The number of amides is 2. The van der Waals surface area contributed by atoms with Crippen LogP contribution in [0, 0.1) is 11.8 Å². The zero-order valence-electron chi connectivity index (χ0n) is 20.3. The molecule has 5 atom stereocenters. The normalized spacial score (nSPS) is 33.5. The number of unbranched alkanes of at least 4 members (excludes halogenated alkanes) is 1. The summed E-state index contributed by atoms with van der Waals surface area (Å²) >= 11 is 6.47. The number of carbonyl (C=O) groups excluding carboxylic acids is 3. The number of anilines is 1. The van der Waals surface area contributed by atoms with E-state index in [1.165, 1.54) is 4.90 Å². The lowest BCUT2D eigenvalue weighted by Crippen LogP contribution is -2.56. The van der Waals surface area contributed by atoms with Gasteiger partial charge in [-0.1, -0.05) is 55.0 Å². The van der Waals surface area contributed by atoms with Crippen LogP contribution in [0.3, 0.4) is 0 Å². The molecule has 9 heteroatoms. The van der Waals surface area contributed by atoms with E-state index in [1.54, 1.807) is 29.2 Å². The standard InChI is InChI=1S/C27H31ClN2O6/c1-2-26-12-5-8-17-35-25(34)21(26)20-23(32)30(14-6-7-16-31)22-24(33)29(15-9-13-27(20,22)36-26)19-11-4-3-10-18(19)28/h3-5,9-13,20-22,31H,2,6-8,14-17H2,1H3/t20-,21-,22?,26+,27-/m0/s1. The summed E-state index contributed by atoms with van der Waals surface area (Å²) in [5.41, 5.74) is -1.85. The number of fused-ring (bicyclic) bond motifs is 2. The summed E-state index contributed by atoms with van der Waals surface area (Å²) in [5, 5.41) is 9.76. The highest BCUT2D eigenvalue weighted by atomic mass is 35.5. The molecule has 4 aliphatic rings. The molecule has 5 rings (SSSR count). The quantitative estimate of drug-likeness (QED) is 0.356. The van der Waals surface area contributed by atoms with Crippen LogP contribution in [-0.4, -0.2) is 71.3 Å². The summed E-state index contributed by atoms with van der Waals surface area (Å²) in [6.07, 6.45) is 9.46. The van der Waals surface area contributed by atoms with Crippen molar-refractivity contribution < 1.29 is 29.0 Å². The number of cyclic esters (lactones) is 1. The summed E-state index contributed by atoms with van der Waals surface area (Å²) in [5.74, 6) is -2.87. The van der Waals surface area contributed by atoms with Gasteiger partial charge in [0.1, 0.15) is 23.2 Å². The molecule has 36 heavy (non-hydrogen) atoms. The molecule has 2 saturated heterocycles. The van der Waals surface area contributed by atoms with Crippen LogP contribution in [0.4, 0.5) is 5.69 Å². The lowest BCUT2D eigenvalue weighted by atomic mass is 9.73. The Hall–Kier alpha value is -2.68. The largest absolute Gasteiger partial charge is 0.465 e. The number of nitrogens with zero attached hydrogens (tertiary/aromatic N) is 2. The van der Waals surface area contributed by atoms with Gasteiger partial charge in [-0.15, -0.1) is 0 Å². The van der Waals surface area contributed by atoms with Gasteiger partial charge >= 0.3 is 5.97 Å². The first kappa shape index (κ1) is 25.0. The fraction of sp³-hybridized carbons (Fsp3) is 0.519. The van der Waals surface area contributed by atoms with Crippen molar-refractivity contribution in [2.45, 2.75) is 49.9 Å². The first-order chi connectivity index (χ1) is 17.4. The molecule has 0 aliphatic carbocycles. The average Bonchev–Trinajstić information content (AvgIpc) is 3.20. The van der Waals surface area contributed by atoms with Gasteiger partial charge in [0.2, 0.25) is 5.91 Å². The maximum Gasteiger partial charge on any atom is 0.313 e. The predicted molar refractivity (Wildman–Crippen MR) is 133 cm³/mol. The lowest BCUT2D eigenvalue weighted by molar-refractivity contribution is -0.160. The predicted octanol–water partition coefficient (Wildman–Crippen LogP) is 2.88. The monoisotopic (exact) mass is 514 g/mol. The van der Waals surface area contributed by atoms with Gasteiger partial charge in [0, 0.05) is 19.7 Å². The van der Waals surface area contributed by atoms with Crippen molar-refractivity contribution in [3.05, 3.63) is 53.6 Å². The van der Waals surface area contributed by atoms with Crippen molar-refractivity contribution in [1.29, 1.82) is 0 Å². The summed E-state index contributed by atoms with van der Waals surface area (Å²) in [7, 11) is 0. The molecule has 2 fully saturated rings. The van der Waals surface area contributed by atoms with Gasteiger partial charge in [0.05, 0.1) is 23.2 Å². The number of aliphatic hydroxyl groups is 1. The van der Waals surface area contributed by atoms with E-state index in [1.807, 2.05) is 31.2 Å². The number of halogens is 1. The highest BCUT2D eigenvalue weighted by molar-refractivity contribution is 6.34. The molecule has 192 valence electrons. The molecular formula is C27H31ClN2O6. The van der Waals surface area contributed by atoms with E-state index >= 15 is 0 Å². The van der Waals surface area contributed by atoms with Gasteiger partial charge in [0.25, 0.3) is 5.91 Å². The minimum atomic E-state index is -1.34. The highest BCUT2D eigenvalue weighted by Gasteiger charge is 2.75. The molecule has 1 spiro atoms. The van der Waals surface area contributed by atoms with Crippen LogP contribution in [-0.2, 0) is 23.9 Å². The van der Waals surface area contributed by atoms with Crippen LogP contribution in [0.15, 0.2) is 48.6 Å². The maximum atomic E-state index is 14.3. The van der Waals surface area contributed by atoms with Gasteiger partial charge in [-0.2, -0.15) is 0 Å².